The molecule has 1 heterocycles. The fourth-order valence-corrected chi connectivity index (χ4v) is 4.23. The Hall–Kier alpha value is -3.22. The van der Waals surface area contributed by atoms with Crippen LogP contribution < -0.4 is 19.5 Å². The molecule has 0 spiro atoms. The number of methoxy groups -OCH3 is 3. The Kier molecular flexibility index (Phi) is 8.58. The summed E-state index contributed by atoms with van der Waals surface area (Å²) in [6.07, 6.45) is 2.10. The third-order valence-electron chi connectivity index (χ3n) is 6.26. The third-order valence-corrected chi connectivity index (χ3v) is 6.26. The summed E-state index contributed by atoms with van der Waals surface area (Å²) in [5.74, 6) is 1.92. The maximum absolute atomic E-state index is 13.1. The van der Waals surface area contributed by atoms with E-state index in [1.807, 2.05) is 23.1 Å². The standard InChI is InChI=1S/C26H34N2O5/c1-18(20-8-6-5-7-9-20)17-27-24(29)14-19-10-12-28(13-11-19)26(30)21-15-22(31-2)25(33-4)23(16-21)32-3/h5-9,15-16,18-19H,10-14,17H2,1-4H3,(H,27,29)/t18-/m0/s1. The first-order valence-corrected chi connectivity index (χ1v) is 11.4. The van der Waals surface area contributed by atoms with Gasteiger partial charge in [-0.2, -0.15) is 0 Å². The summed E-state index contributed by atoms with van der Waals surface area (Å²) in [5, 5.41) is 3.07. The fraction of sp³-hybridized carbons (Fsp3) is 0.462. The van der Waals surface area contributed by atoms with Gasteiger partial charge in [0.2, 0.25) is 11.7 Å². The molecular weight excluding hydrogens is 420 g/mol. The zero-order valence-corrected chi connectivity index (χ0v) is 19.9. The Labute approximate surface area is 196 Å². The number of carbonyl (C=O) groups excluding carboxylic acids is 2. The topological polar surface area (TPSA) is 77.1 Å². The van der Waals surface area contributed by atoms with Crippen LogP contribution >= 0.6 is 0 Å². The van der Waals surface area contributed by atoms with E-state index in [2.05, 4.69) is 24.4 Å². The van der Waals surface area contributed by atoms with Crippen molar-refractivity contribution in [2.45, 2.75) is 32.1 Å². The Morgan fingerprint density at radius 3 is 2.15 bits per heavy atom. The lowest BCUT2D eigenvalue weighted by Crippen LogP contribution is -2.40. The number of hydrogen-bond donors (Lipinski definition) is 1. The molecule has 1 fully saturated rings. The van der Waals surface area contributed by atoms with Gasteiger partial charge in [-0.05, 0) is 42.4 Å². The first-order chi connectivity index (χ1) is 16.0. The van der Waals surface area contributed by atoms with Gasteiger partial charge in [-0.1, -0.05) is 37.3 Å². The van der Waals surface area contributed by atoms with Gasteiger partial charge < -0.3 is 24.4 Å². The molecule has 1 N–H and O–H groups in total. The minimum Gasteiger partial charge on any atom is -0.493 e. The highest BCUT2D eigenvalue weighted by molar-refractivity contribution is 5.95. The van der Waals surface area contributed by atoms with E-state index >= 15 is 0 Å². The van der Waals surface area contributed by atoms with Crippen molar-refractivity contribution in [3.8, 4) is 17.2 Å². The molecule has 7 nitrogen and oxygen atoms in total. The van der Waals surface area contributed by atoms with Gasteiger partial charge in [0.15, 0.2) is 11.5 Å². The molecule has 1 atom stereocenters. The van der Waals surface area contributed by atoms with Gasteiger partial charge in [-0.15, -0.1) is 0 Å². The normalized spacial score (nSPS) is 15.0. The van der Waals surface area contributed by atoms with E-state index in [0.717, 1.165) is 12.8 Å². The zero-order valence-electron chi connectivity index (χ0n) is 19.9. The highest BCUT2D eigenvalue weighted by Crippen LogP contribution is 2.38. The molecule has 2 aromatic carbocycles. The predicted octanol–water partition coefficient (Wildman–Crippen LogP) is 3.87. The second-order valence-electron chi connectivity index (χ2n) is 8.47. The Bertz CT molecular complexity index is 914. The van der Waals surface area contributed by atoms with Crippen LogP contribution in [0, 0.1) is 5.92 Å². The highest BCUT2D eigenvalue weighted by atomic mass is 16.5. The number of amides is 2. The summed E-state index contributed by atoms with van der Waals surface area (Å²) < 4.78 is 16.1. The zero-order chi connectivity index (χ0) is 23.8. The number of carbonyl (C=O) groups is 2. The smallest absolute Gasteiger partial charge is 0.254 e. The van der Waals surface area contributed by atoms with Crippen molar-refractivity contribution < 1.29 is 23.8 Å². The molecule has 33 heavy (non-hydrogen) atoms. The van der Waals surface area contributed by atoms with Gasteiger partial charge in [0.05, 0.1) is 21.3 Å². The summed E-state index contributed by atoms with van der Waals surface area (Å²) >= 11 is 0. The highest BCUT2D eigenvalue weighted by Gasteiger charge is 2.27. The molecular formula is C26H34N2O5. The Morgan fingerprint density at radius 1 is 1.00 bits per heavy atom. The second kappa shape index (κ2) is 11.6. The Morgan fingerprint density at radius 2 is 1.61 bits per heavy atom. The molecule has 1 aliphatic heterocycles. The molecule has 7 heteroatoms. The van der Waals surface area contributed by atoms with E-state index in [1.54, 1.807) is 12.1 Å². The summed E-state index contributed by atoms with van der Waals surface area (Å²) in [6, 6.07) is 13.5. The summed E-state index contributed by atoms with van der Waals surface area (Å²) in [4.78, 5) is 27.4. The van der Waals surface area contributed by atoms with E-state index in [0.29, 0.717) is 48.9 Å². The van der Waals surface area contributed by atoms with Gasteiger partial charge in [-0.3, -0.25) is 9.59 Å². The van der Waals surface area contributed by atoms with E-state index in [1.165, 1.54) is 26.9 Å². The minimum absolute atomic E-state index is 0.0751. The maximum atomic E-state index is 13.1. The lowest BCUT2D eigenvalue weighted by Gasteiger charge is -2.32. The third kappa shape index (κ3) is 6.18. The lowest BCUT2D eigenvalue weighted by atomic mass is 9.92. The summed E-state index contributed by atoms with van der Waals surface area (Å²) in [7, 11) is 4.59. The van der Waals surface area contributed by atoms with Crippen molar-refractivity contribution in [1.82, 2.24) is 10.2 Å². The van der Waals surface area contributed by atoms with Gasteiger partial charge in [0.25, 0.3) is 5.91 Å². The number of likely N-dealkylation sites (tertiary alicyclic amines) is 1. The monoisotopic (exact) mass is 454 g/mol. The van der Waals surface area contributed by atoms with Crippen LogP contribution in [0.3, 0.4) is 0 Å². The molecule has 0 aliphatic carbocycles. The minimum atomic E-state index is -0.0751. The largest absolute Gasteiger partial charge is 0.493 e. The number of benzene rings is 2. The molecule has 1 saturated heterocycles. The summed E-state index contributed by atoms with van der Waals surface area (Å²) in [5.41, 5.74) is 1.71. The van der Waals surface area contributed by atoms with Crippen LogP contribution in [0.1, 0.15) is 48.0 Å². The van der Waals surface area contributed by atoms with Gasteiger partial charge in [-0.25, -0.2) is 0 Å². The van der Waals surface area contributed by atoms with Crippen LogP contribution in [0.2, 0.25) is 0 Å². The number of nitrogens with one attached hydrogen (secondary N) is 1. The van der Waals surface area contributed by atoms with Crippen molar-refractivity contribution in [1.29, 1.82) is 0 Å². The molecule has 1 aliphatic rings. The average molecular weight is 455 g/mol. The number of nitrogens with zero attached hydrogens (tertiary/aromatic N) is 1. The van der Waals surface area contributed by atoms with Crippen LogP contribution in [-0.4, -0.2) is 57.7 Å². The van der Waals surface area contributed by atoms with Gasteiger partial charge in [0, 0.05) is 31.6 Å². The maximum Gasteiger partial charge on any atom is 0.254 e. The molecule has 3 rings (SSSR count). The van der Waals surface area contributed by atoms with E-state index in [9.17, 15) is 9.59 Å². The van der Waals surface area contributed by atoms with Crippen molar-refractivity contribution >= 4 is 11.8 Å². The number of hydrogen-bond acceptors (Lipinski definition) is 5. The Balaban J connectivity index is 1.50. The van der Waals surface area contributed by atoms with Crippen LogP contribution in [0.5, 0.6) is 17.2 Å². The SMILES string of the molecule is COc1cc(C(=O)N2CCC(CC(=O)NC[C@H](C)c3ccccc3)CC2)cc(OC)c1OC. The van der Waals surface area contributed by atoms with Crippen LogP contribution in [0.25, 0.3) is 0 Å². The average Bonchev–Trinajstić information content (AvgIpc) is 2.86. The fourth-order valence-electron chi connectivity index (χ4n) is 4.23. The summed E-state index contributed by atoms with van der Waals surface area (Å²) in [6.45, 7) is 3.98. The van der Waals surface area contributed by atoms with Crippen LogP contribution in [-0.2, 0) is 4.79 Å². The van der Waals surface area contributed by atoms with E-state index in [-0.39, 0.29) is 23.7 Å². The van der Waals surface area contributed by atoms with Crippen molar-refractivity contribution in [3.63, 3.8) is 0 Å². The molecule has 0 aromatic heterocycles. The van der Waals surface area contributed by atoms with Crippen LogP contribution in [0.15, 0.2) is 42.5 Å². The molecule has 0 unspecified atom stereocenters. The van der Waals surface area contributed by atoms with Gasteiger partial charge in [0.1, 0.15) is 0 Å². The van der Waals surface area contributed by atoms with Crippen molar-refractivity contribution in [3.05, 3.63) is 53.6 Å². The molecule has 2 aromatic rings. The number of rotatable bonds is 9. The molecule has 0 bridgehead atoms. The quantitative estimate of drug-likeness (QED) is 0.622. The molecule has 2 amide bonds. The van der Waals surface area contributed by atoms with E-state index in [4.69, 9.17) is 14.2 Å². The molecule has 0 saturated carbocycles. The second-order valence-corrected chi connectivity index (χ2v) is 8.47. The van der Waals surface area contributed by atoms with Crippen molar-refractivity contribution in [2.24, 2.45) is 5.92 Å². The molecule has 0 radical (unpaired) electrons. The van der Waals surface area contributed by atoms with Gasteiger partial charge >= 0.3 is 0 Å². The first kappa shape index (κ1) is 24.4. The number of piperidine rings is 1. The van der Waals surface area contributed by atoms with Crippen LogP contribution in [0.4, 0.5) is 0 Å². The lowest BCUT2D eigenvalue weighted by molar-refractivity contribution is -0.122. The predicted molar refractivity (Wildman–Crippen MR) is 127 cm³/mol. The van der Waals surface area contributed by atoms with E-state index < -0.39 is 0 Å². The van der Waals surface area contributed by atoms with Crippen molar-refractivity contribution in [2.75, 3.05) is 41.0 Å². The number of ether oxygens (including phenoxy) is 3. The first-order valence-electron chi connectivity index (χ1n) is 11.4. The molecule has 178 valence electrons.